The molecule has 0 aliphatic rings. The number of nitrogen functional groups attached to an aromatic ring is 1. The largest absolute Gasteiger partial charge is 0.397 e. The molecular formula is C13H12ClFN2. The molecule has 0 unspecified atom stereocenters. The van der Waals surface area contributed by atoms with Crippen molar-refractivity contribution in [3.05, 3.63) is 52.8 Å². The molecule has 17 heavy (non-hydrogen) atoms. The molecule has 0 saturated heterocycles. The number of anilines is 3. The van der Waals surface area contributed by atoms with E-state index >= 15 is 0 Å². The normalized spacial score (nSPS) is 10.3. The molecule has 0 aliphatic carbocycles. The number of halogens is 2. The topological polar surface area (TPSA) is 38.0 Å². The van der Waals surface area contributed by atoms with E-state index in [-0.39, 0.29) is 5.02 Å². The van der Waals surface area contributed by atoms with Crippen molar-refractivity contribution in [3.8, 4) is 0 Å². The van der Waals surface area contributed by atoms with Gasteiger partial charge in [-0.25, -0.2) is 4.39 Å². The average Bonchev–Trinajstić information content (AvgIpc) is 2.31. The van der Waals surface area contributed by atoms with Gasteiger partial charge in [0.25, 0.3) is 0 Å². The molecule has 0 heterocycles. The quantitative estimate of drug-likeness (QED) is 0.787. The second kappa shape index (κ2) is 4.63. The fraction of sp³-hybridized carbons (Fsp3) is 0.0769. The first kappa shape index (κ1) is 11.7. The standard InChI is InChI=1S/C13H12ClFN2/c1-8-4-2-7-11(13(8)16)17-10-6-3-5-9(14)12(10)15/h2-7,17H,16H2,1H3. The minimum Gasteiger partial charge on any atom is -0.397 e. The van der Waals surface area contributed by atoms with Crippen LogP contribution in [0, 0.1) is 12.7 Å². The van der Waals surface area contributed by atoms with Crippen molar-refractivity contribution < 1.29 is 4.39 Å². The van der Waals surface area contributed by atoms with E-state index in [1.807, 2.05) is 19.1 Å². The number of benzene rings is 2. The van der Waals surface area contributed by atoms with Gasteiger partial charge in [0.2, 0.25) is 0 Å². The lowest BCUT2D eigenvalue weighted by atomic mass is 10.1. The van der Waals surface area contributed by atoms with Crippen LogP contribution >= 0.6 is 11.6 Å². The average molecular weight is 251 g/mol. The zero-order chi connectivity index (χ0) is 12.4. The Labute approximate surface area is 104 Å². The molecule has 2 rings (SSSR count). The Balaban J connectivity index is 2.38. The Morgan fingerprint density at radius 1 is 1.12 bits per heavy atom. The van der Waals surface area contributed by atoms with Crippen molar-refractivity contribution in [1.29, 1.82) is 0 Å². The van der Waals surface area contributed by atoms with Crippen LogP contribution in [0.2, 0.25) is 5.02 Å². The minimum atomic E-state index is -0.477. The Kier molecular flexibility index (Phi) is 3.20. The number of nitrogens with one attached hydrogen (secondary N) is 1. The van der Waals surface area contributed by atoms with Gasteiger partial charge in [0, 0.05) is 0 Å². The van der Waals surface area contributed by atoms with Gasteiger partial charge in [0.15, 0.2) is 5.82 Å². The maximum Gasteiger partial charge on any atom is 0.165 e. The fourth-order valence-electron chi connectivity index (χ4n) is 1.54. The molecular weight excluding hydrogens is 239 g/mol. The second-order valence-electron chi connectivity index (χ2n) is 3.76. The molecule has 0 amide bonds. The first-order chi connectivity index (χ1) is 8.09. The summed E-state index contributed by atoms with van der Waals surface area (Å²) in [5.74, 6) is -0.477. The van der Waals surface area contributed by atoms with Crippen molar-refractivity contribution in [2.24, 2.45) is 0 Å². The molecule has 0 bridgehead atoms. The number of aryl methyl sites for hydroxylation is 1. The van der Waals surface area contributed by atoms with Crippen molar-refractivity contribution in [3.63, 3.8) is 0 Å². The zero-order valence-electron chi connectivity index (χ0n) is 9.30. The monoisotopic (exact) mass is 250 g/mol. The third-order valence-electron chi connectivity index (χ3n) is 2.55. The van der Waals surface area contributed by atoms with Crippen LogP contribution in [0.1, 0.15) is 5.56 Å². The number of hydrogen-bond donors (Lipinski definition) is 2. The van der Waals surface area contributed by atoms with E-state index in [2.05, 4.69) is 5.32 Å². The smallest absolute Gasteiger partial charge is 0.165 e. The third-order valence-corrected chi connectivity index (χ3v) is 2.84. The lowest BCUT2D eigenvalue weighted by Gasteiger charge is -2.12. The predicted molar refractivity (Wildman–Crippen MR) is 70.3 cm³/mol. The van der Waals surface area contributed by atoms with Gasteiger partial charge >= 0.3 is 0 Å². The summed E-state index contributed by atoms with van der Waals surface area (Å²) < 4.78 is 13.7. The van der Waals surface area contributed by atoms with E-state index in [9.17, 15) is 4.39 Å². The van der Waals surface area contributed by atoms with Gasteiger partial charge < -0.3 is 11.1 Å². The van der Waals surface area contributed by atoms with Gasteiger partial charge in [-0.15, -0.1) is 0 Å². The van der Waals surface area contributed by atoms with Crippen molar-refractivity contribution in [1.82, 2.24) is 0 Å². The van der Waals surface area contributed by atoms with E-state index in [4.69, 9.17) is 17.3 Å². The molecule has 0 fully saturated rings. The van der Waals surface area contributed by atoms with Crippen LogP contribution in [-0.2, 0) is 0 Å². The first-order valence-corrected chi connectivity index (χ1v) is 5.53. The molecule has 4 heteroatoms. The van der Waals surface area contributed by atoms with Crippen LogP contribution in [0.25, 0.3) is 0 Å². The highest BCUT2D eigenvalue weighted by atomic mass is 35.5. The molecule has 0 saturated carbocycles. The van der Waals surface area contributed by atoms with E-state index < -0.39 is 5.82 Å². The van der Waals surface area contributed by atoms with Crippen molar-refractivity contribution >= 4 is 28.7 Å². The summed E-state index contributed by atoms with van der Waals surface area (Å²) in [5, 5.41) is 3.02. The van der Waals surface area contributed by atoms with E-state index in [0.29, 0.717) is 17.1 Å². The molecule has 2 aromatic carbocycles. The van der Waals surface area contributed by atoms with Crippen LogP contribution < -0.4 is 11.1 Å². The summed E-state index contributed by atoms with van der Waals surface area (Å²) in [6.07, 6.45) is 0. The number of rotatable bonds is 2. The van der Waals surface area contributed by atoms with Gasteiger partial charge in [-0.05, 0) is 30.7 Å². The third kappa shape index (κ3) is 2.34. The van der Waals surface area contributed by atoms with Crippen LogP contribution in [-0.4, -0.2) is 0 Å². The molecule has 0 aliphatic heterocycles. The summed E-state index contributed by atoms with van der Waals surface area (Å²) >= 11 is 5.70. The van der Waals surface area contributed by atoms with Crippen LogP contribution in [0.4, 0.5) is 21.5 Å². The summed E-state index contributed by atoms with van der Waals surface area (Å²) in [6, 6.07) is 10.3. The molecule has 0 spiro atoms. The number of nitrogens with two attached hydrogens (primary N) is 1. The Bertz CT molecular complexity index is 506. The van der Waals surface area contributed by atoms with E-state index in [1.54, 1.807) is 18.2 Å². The van der Waals surface area contributed by atoms with E-state index in [1.165, 1.54) is 6.07 Å². The van der Waals surface area contributed by atoms with Gasteiger partial charge in [0.05, 0.1) is 22.1 Å². The fourth-order valence-corrected chi connectivity index (χ4v) is 1.71. The summed E-state index contributed by atoms with van der Waals surface area (Å²) in [7, 11) is 0. The Morgan fingerprint density at radius 2 is 1.76 bits per heavy atom. The molecule has 2 nitrogen and oxygen atoms in total. The van der Waals surface area contributed by atoms with Gasteiger partial charge in [-0.3, -0.25) is 0 Å². The minimum absolute atomic E-state index is 0.0845. The van der Waals surface area contributed by atoms with Crippen LogP contribution in [0.3, 0.4) is 0 Å². The highest BCUT2D eigenvalue weighted by Crippen LogP contribution is 2.29. The van der Waals surface area contributed by atoms with Crippen molar-refractivity contribution in [2.45, 2.75) is 6.92 Å². The summed E-state index contributed by atoms with van der Waals surface area (Å²) in [4.78, 5) is 0. The number of para-hydroxylation sites is 1. The van der Waals surface area contributed by atoms with Crippen LogP contribution in [0.5, 0.6) is 0 Å². The molecule has 0 radical (unpaired) electrons. The summed E-state index contributed by atoms with van der Waals surface area (Å²) in [6.45, 7) is 1.90. The van der Waals surface area contributed by atoms with Gasteiger partial charge in [-0.1, -0.05) is 29.8 Å². The molecule has 0 atom stereocenters. The summed E-state index contributed by atoms with van der Waals surface area (Å²) in [5.41, 5.74) is 8.43. The zero-order valence-corrected chi connectivity index (χ0v) is 10.1. The SMILES string of the molecule is Cc1cccc(Nc2cccc(Cl)c2F)c1N. The Hall–Kier alpha value is -1.74. The number of hydrogen-bond acceptors (Lipinski definition) is 2. The van der Waals surface area contributed by atoms with Gasteiger partial charge in [0.1, 0.15) is 0 Å². The van der Waals surface area contributed by atoms with Crippen LogP contribution in [0.15, 0.2) is 36.4 Å². The predicted octanol–water partition coefficient (Wildman–Crippen LogP) is 4.11. The molecule has 3 N–H and O–H groups in total. The maximum atomic E-state index is 13.7. The second-order valence-corrected chi connectivity index (χ2v) is 4.17. The lowest BCUT2D eigenvalue weighted by molar-refractivity contribution is 0.632. The molecule has 0 aromatic heterocycles. The highest BCUT2D eigenvalue weighted by Gasteiger charge is 2.08. The lowest BCUT2D eigenvalue weighted by Crippen LogP contribution is -1.99. The van der Waals surface area contributed by atoms with Gasteiger partial charge in [-0.2, -0.15) is 0 Å². The first-order valence-electron chi connectivity index (χ1n) is 5.15. The highest BCUT2D eigenvalue weighted by molar-refractivity contribution is 6.31. The molecule has 88 valence electrons. The maximum absolute atomic E-state index is 13.7. The van der Waals surface area contributed by atoms with Crippen molar-refractivity contribution in [2.75, 3.05) is 11.1 Å². The van der Waals surface area contributed by atoms with E-state index in [0.717, 1.165) is 5.56 Å². The molecule has 2 aromatic rings. The Morgan fingerprint density at radius 3 is 2.53 bits per heavy atom.